The maximum Gasteiger partial charge on any atom is 0.116 e. The van der Waals surface area contributed by atoms with Crippen molar-refractivity contribution in [1.82, 2.24) is 4.90 Å². The Morgan fingerprint density at radius 3 is 2.00 bits per heavy atom. The van der Waals surface area contributed by atoms with Gasteiger partial charge in [0.15, 0.2) is 0 Å². The van der Waals surface area contributed by atoms with E-state index in [2.05, 4.69) is 6.58 Å². The summed E-state index contributed by atoms with van der Waals surface area (Å²) in [6.45, 7) is 4.80. The van der Waals surface area contributed by atoms with Crippen LogP contribution in [0.25, 0.3) is 0 Å². The van der Waals surface area contributed by atoms with Crippen molar-refractivity contribution in [2.45, 2.75) is 12.0 Å². The molecule has 1 N–H and O–H groups in total. The van der Waals surface area contributed by atoms with Gasteiger partial charge in [-0.15, -0.1) is 12.4 Å². The monoisotopic (exact) mass is 317 g/mol. The van der Waals surface area contributed by atoms with Gasteiger partial charge in [0.2, 0.25) is 0 Å². The molecule has 0 spiro atoms. The molecule has 0 bridgehead atoms. The normalized spacial score (nSPS) is 13.3. The Balaban J connectivity index is 0.00000242. The number of aliphatic hydroxyl groups is 1. The molecule has 118 valence electrons. The van der Waals surface area contributed by atoms with Crippen molar-refractivity contribution in [2.75, 3.05) is 20.6 Å². The first-order valence-electron chi connectivity index (χ1n) is 7.17. The third-order valence-corrected chi connectivity index (χ3v) is 3.65. The molecule has 2 aromatic carbocycles. The fourth-order valence-electron chi connectivity index (χ4n) is 2.55. The minimum atomic E-state index is -1.05. The number of rotatable bonds is 6. The Labute approximate surface area is 139 Å². The lowest BCUT2D eigenvalue weighted by Crippen LogP contribution is -2.35. The Hall–Kier alpha value is -1.61. The van der Waals surface area contributed by atoms with Gasteiger partial charge in [-0.05, 0) is 30.8 Å². The zero-order chi connectivity index (χ0) is 15.3. The van der Waals surface area contributed by atoms with Crippen LogP contribution in [0.3, 0.4) is 0 Å². The van der Waals surface area contributed by atoms with E-state index in [-0.39, 0.29) is 12.4 Å². The van der Waals surface area contributed by atoms with Gasteiger partial charge < -0.3 is 10.0 Å². The Kier molecular flexibility index (Phi) is 6.82. The summed E-state index contributed by atoms with van der Waals surface area (Å²) in [6, 6.07) is 19.8. The van der Waals surface area contributed by atoms with Crippen LogP contribution in [0.1, 0.15) is 11.1 Å². The van der Waals surface area contributed by atoms with Gasteiger partial charge in [-0.25, -0.2) is 0 Å². The van der Waals surface area contributed by atoms with E-state index in [4.69, 9.17) is 0 Å². The first-order chi connectivity index (χ1) is 10.0. The van der Waals surface area contributed by atoms with Crippen LogP contribution in [0.4, 0.5) is 0 Å². The molecular formula is C19H24ClNO. The molecule has 3 heteroatoms. The summed E-state index contributed by atoms with van der Waals surface area (Å²) in [5.41, 5.74) is 1.75. The highest BCUT2D eigenvalue weighted by molar-refractivity contribution is 5.85. The van der Waals surface area contributed by atoms with Crippen LogP contribution >= 0.6 is 12.4 Å². The minimum absolute atomic E-state index is 0. The molecule has 2 nitrogen and oxygen atoms in total. The lowest BCUT2D eigenvalue weighted by Gasteiger charge is -2.32. The Morgan fingerprint density at radius 1 is 1.00 bits per heavy atom. The summed E-state index contributed by atoms with van der Waals surface area (Å²) in [5, 5.41) is 11.3. The standard InChI is InChI=1S/C19H23NO.ClH/c1-16(15-20(2)3)19(21,18-12-8-5-9-13-18)14-17-10-6-4-7-11-17;/h4-13,21H,1,14-15H2,2-3H3;1H. The number of benzene rings is 2. The first-order valence-corrected chi connectivity index (χ1v) is 7.17. The van der Waals surface area contributed by atoms with Gasteiger partial charge in [0, 0.05) is 13.0 Å². The topological polar surface area (TPSA) is 23.5 Å². The molecule has 0 saturated heterocycles. The smallest absolute Gasteiger partial charge is 0.116 e. The number of hydrogen-bond acceptors (Lipinski definition) is 2. The molecule has 0 fully saturated rings. The van der Waals surface area contributed by atoms with E-state index in [9.17, 15) is 5.11 Å². The molecule has 22 heavy (non-hydrogen) atoms. The maximum absolute atomic E-state index is 11.3. The van der Waals surface area contributed by atoms with Gasteiger partial charge in [-0.3, -0.25) is 0 Å². The van der Waals surface area contributed by atoms with Gasteiger partial charge in [0.1, 0.15) is 5.60 Å². The quantitative estimate of drug-likeness (QED) is 0.822. The summed E-state index contributed by atoms with van der Waals surface area (Å²) < 4.78 is 0. The second-order valence-electron chi connectivity index (χ2n) is 5.73. The largest absolute Gasteiger partial charge is 0.380 e. The summed E-state index contributed by atoms with van der Waals surface area (Å²) in [4.78, 5) is 2.03. The van der Waals surface area contributed by atoms with Crippen LogP contribution in [-0.2, 0) is 12.0 Å². The molecule has 1 unspecified atom stereocenters. The summed E-state index contributed by atoms with van der Waals surface area (Å²) >= 11 is 0. The summed E-state index contributed by atoms with van der Waals surface area (Å²) in [6.07, 6.45) is 0.532. The lowest BCUT2D eigenvalue weighted by molar-refractivity contribution is 0.0703. The van der Waals surface area contributed by atoms with Gasteiger partial charge >= 0.3 is 0 Å². The van der Waals surface area contributed by atoms with Gasteiger partial charge in [0.25, 0.3) is 0 Å². The van der Waals surface area contributed by atoms with E-state index in [0.717, 1.165) is 16.7 Å². The SMILES string of the molecule is C=C(CN(C)C)C(O)(Cc1ccccc1)c1ccccc1.Cl. The average molecular weight is 318 g/mol. The molecule has 0 aromatic heterocycles. The predicted octanol–water partition coefficient (Wildman–Crippen LogP) is 3.66. The Morgan fingerprint density at radius 2 is 1.50 bits per heavy atom. The van der Waals surface area contributed by atoms with Crippen LogP contribution < -0.4 is 0 Å². The molecule has 0 saturated carbocycles. The molecule has 0 amide bonds. The van der Waals surface area contributed by atoms with Crippen molar-refractivity contribution in [3.8, 4) is 0 Å². The molecular weight excluding hydrogens is 294 g/mol. The second kappa shape index (κ2) is 8.14. The molecule has 0 aliphatic rings. The molecule has 0 aliphatic carbocycles. The first kappa shape index (κ1) is 18.4. The molecule has 1 atom stereocenters. The van der Waals surface area contributed by atoms with Crippen molar-refractivity contribution in [3.63, 3.8) is 0 Å². The van der Waals surface area contributed by atoms with Crippen molar-refractivity contribution in [2.24, 2.45) is 0 Å². The summed E-state index contributed by atoms with van der Waals surface area (Å²) in [7, 11) is 3.97. The molecule has 2 aromatic rings. The van der Waals surface area contributed by atoms with Crippen LogP contribution in [0.15, 0.2) is 72.8 Å². The van der Waals surface area contributed by atoms with E-state index >= 15 is 0 Å². The second-order valence-corrected chi connectivity index (χ2v) is 5.73. The fraction of sp³-hybridized carbons (Fsp3) is 0.263. The number of hydrogen-bond donors (Lipinski definition) is 1. The van der Waals surface area contributed by atoms with Crippen LogP contribution in [0.5, 0.6) is 0 Å². The van der Waals surface area contributed by atoms with Gasteiger partial charge in [0.05, 0.1) is 0 Å². The highest BCUT2D eigenvalue weighted by Gasteiger charge is 2.32. The number of halogens is 1. The van der Waals surface area contributed by atoms with Crippen LogP contribution in [0.2, 0.25) is 0 Å². The van der Waals surface area contributed by atoms with Gasteiger partial charge in [-0.2, -0.15) is 0 Å². The maximum atomic E-state index is 11.3. The molecule has 0 radical (unpaired) electrons. The van der Waals surface area contributed by atoms with Crippen molar-refractivity contribution < 1.29 is 5.11 Å². The van der Waals surface area contributed by atoms with Gasteiger partial charge in [-0.1, -0.05) is 67.2 Å². The van der Waals surface area contributed by atoms with E-state index in [1.54, 1.807) is 0 Å². The Bertz CT molecular complexity index is 583. The van der Waals surface area contributed by atoms with Crippen molar-refractivity contribution in [3.05, 3.63) is 83.9 Å². The summed E-state index contributed by atoms with van der Waals surface area (Å²) in [5.74, 6) is 0. The number of likely N-dealkylation sites (N-methyl/N-ethyl adjacent to an activating group) is 1. The fourth-order valence-corrected chi connectivity index (χ4v) is 2.55. The molecule has 0 heterocycles. The lowest BCUT2D eigenvalue weighted by atomic mass is 9.81. The molecule has 0 aliphatic heterocycles. The van der Waals surface area contributed by atoms with Crippen LogP contribution in [0, 0.1) is 0 Å². The zero-order valence-electron chi connectivity index (χ0n) is 13.2. The average Bonchev–Trinajstić information content (AvgIpc) is 2.48. The predicted molar refractivity (Wildman–Crippen MR) is 95.4 cm³/mol. The van der Waals surface area contributed by atoms with E-state index in [1.165, 1.54) is 0 Å². The minimum Gasteiger partial charge on any atom is -0.380 e. The molecule has 2 rings (SSSR count). The van der Waals surface area contributed by atoms with Crippen molar-refractivity contribution in [1.29, 1.82) is 0 Å². The van der Waals surface area contributed by atoms with E-state index in [0.29, 0.717) is 13.0 Å². The highest BCUT2D eigenvalue weighted by Crippen LogP contribution is 2.32. The third kappa shape index (κ3) is 4.44. The van der Waals surface area contributed by atoms with Crippen molar-refractivity contribution >= 4 is 12.4 Å². The number of nitrogens with zero attached hydrogens (tertiary/aromatic N) is 1. The zero-order valence-corrected chi connectivity index (χ0v) is 14.0. The highest BCUT2D eigenvalue weighted by atomic mass is 35.5. The third-order valence-electron chi connectivity index (χ3n) is 3.65. The van der Waals surface area contributed by atoms with E-state index < -0.39 is 5.60 Å². The van der Waals surface area contributed by atoms with E-state index in [1.807, 2.05) is 79.7 Å². The van der Waals surface area contributed by atoms with Crippen LogP contribution in [-0.4, -0.2) is 30.6 Å².